The predicted octanol–water partition coefficient (Wildman–Crippen LogP) is 7.04. The van der Waals surface area contributed by atoms with E-state index in [4.69, 9.17) is 27.9 Å². The predicted molar refractivity (Wildman–Crippen MR) is 150 cm³/mol. The second kappa shape index (κ2) is 16.1. The van der Waals surface area contributed by atoms with Gasteiger partial charge in [-0.3, -0.25) is 9.59 Å². The highest BCUT2D eigenvalue weighted by Gasteiger charge is 2.32. The number of thiophene rings is 1. The second-order valence-corrected chi connectivity index (χ2v) is 10.1. The van der Waals surface area contributed by atoms with E-state index >= 15 is 0 Å². The number of rotatable bonds is 12. The standard InChI is InChI=1S/C27H29Cl2NO3S.CH3Cl/c1-3-18(4-2)23(16-30-17-24(31)25-6-5-15-34-25)27(32)33-26(19-7-11-21(28)12-8-19)20-9-13-22(29)14-10-20;1-2/h5-15,18,23,26,30H,3-4,16-17H2,1-2H3;1H3/p+1. The van der Waals surface area contributed by atoms with Crippen LogP contribution in [0.3, 0.4) is 0 Å². The van der Waals surface area contributed by atoms with Crippen LogP contribution in [0.25, 0.3) is 0 Å². The minimum Gasteiger partial charge on any atom is -0.452 e. The number of esters is 1. The molecule has 2 aromatic carbocycles. The first kappa shape index (κ1) is 30.3. The Balaban J connectivity index is 0.00000222. The summed E-state index contributed by atoms with van der Waals surface area (Å²) in [6.07, 6.45) is 2.61. The average molecular weight is 570 g/mol. The Labute approximate surface area is 232 Å². The number of ether oxygens (including phenoxy) is 1. The van der Waals surface area contributed by atoms with Gasteiger partial charge in [-0.05, 0) is 52.8 Å². The van der Waals surface area contributed by atoms with Crippen LogP contribution in [0.2, 0.25) is 10.0 Å². The minimum atomic E-state index is -0.577. The molecule has 3 aromatic rings. The van der Waals surface area contributed by atoms with Gasteiger partial charge in [0.2, 0.25) is 5.78 Å². The Bertz CT molecular complexity index is 1010. The third-order valence-corrected chi connectivity index (χ3v) is 7.46. The summed E-state index contributed by atoms with van der Waals surface area (Å²) >= 11 is 18.2. The number of carbonyl (C=O) groups is 2. The normalized spacial score (nSPS) is 11.7. The summed E-state index contributed by atoms with van der Waals surface area (Å²) in [4.78, 5) is 26.7. The molecule has 0 amide bonds. The van der Waals surface area contributed by atoms with Gasteiger partial charge in [-0.2, -0.15) is 0 Å². The van der Waals surface area contributed by atoms with Crippen molar-refractivity contribution >= 4 is 57.9 Å². The maximum absolute atomic E-state index is 13.5. The summed E-state index contributed by atoms with van der Waals surface area (Å²) in [5.74, 6) is -0.347. The van der Waals surface area contributed by atoms with Gasteiger partial charge in [0.05, 0.1) is 11.4 Å². The Hall–Kier alpha value is -1.89. The van der Waals surface area contributed by atoms with Crippen molar-refractivity contribution in [2.75, 3.05) is 19.5 Å². The van der Waals surface area contributed by atoms with Crippen LogP contribution in [0, 0.1) is 11.8 Å². The van der Waals surface area contributed by atoms with Crippen molar-refractivity contribution in [3.63, 3.8) is 0 Å². The Kier molecular flexibility index (Phi) is 13.5. The molecule has 0 saturated heterocycles. The number of nitrogens with two attached hydrogens (primary N) is 1. The summed E-state index contributed by atoms with van der Waals surface area (Å²) in [5, 5.41) is 5.05. The van der Waals surface area contributed by atoms with Crippen LogP contribution in [0.5, 0.6) is 0 Å². The third-order valence-electron chi connectivity index (χ3n) is 6.05. The lowest BCUT2D eigenvalue weighted by Crippen LogP contribution is -2.87. The molecular weight excluding hydrogens is 537 g/mol. The van der Waals surface area contributed by atoms with Crippen molar-refractivity contribution in [2.45, 2.75) is 32.8 Å². The number of quaternary nitrogens is 1. The van der Waals surface area contributed by atoms with Crippen LogP contribution < -0.4 is 5.32 Å². The van der Waals surface area contributed by atoms with Crippen LogP contribution in [0.15, 0.2) is 66.0 Å². The average Bonchev–Trinajstić information content (AvgIpc) is 3.44. The fourth-order valence-corrected chi connectivity index (χ4v) is 5.01. The third kappa shape index (κ3) is 8.89. The first-order valence-electron chi connectivity index (χ1n) is 11.9. The first-order valence-corrected chi connectivity index (χ1v) is 14.3. The van der Waals surface area contributed by atoms with Crippen molar-refractivity contribution in [1.29, 1.82) is 0 Å². The molecule has 1 unspecified atom stereocenters. The van der Waals surface area contributed by atoms with Gasteiger partial charge >= 0.3 is 5.97 Å². The highest BCUT2D eigenvalue weighted by atomic mass is 35.5. The molecule has 0 aliphatic carbocycles. The Morgan fingerprint density at radius 3 is 1.86 bits per heavy atom. The van der Waals surface area contributed by atoms with Crippen LogP contribution in [-0.2, 0) is 9.53 Å². The molecule has 0 aliphatic rings. The van der Waals surface area contributed by atoms with E-state index < -0.39 is 6.10 Å². The monoisotopic (exact) mass is 568 g/mol. The van der Waals surface area contributed by atoms with Gasteiger partial charge in [0.1, 0.15) is 12.5 Å². The van der Waals surface area contributed by atoms with Gasteiger partial charge in [-0.1, -0.05) is 80.2 Å². The van der Waals surface area contributed by atoms with E-state index in [1.165, 1.54) is 17.7 Å². The smallest absolute Gasteiger partial charge is 0.315 e. The molecule has 1 atom stereocenters. The second-order valence-electron chi connectivity index (χ2n) is 8.23. The van der Waals surface area contributed by atoms with Gasteiger partial charge in [0, 0.05) is 16.4 Å². The van der Waals surface area contributed by atoms with E-state index in [2.05, 4.69) is 25.4 Å². The van der Waals surface area contributed by atoms with E-state index in [0.29, 0.717) is 23.1 Å². The largest absolute Gasteiger partial charge is 0.452 e. The fraction of sp³-hybridized carbons (Fsp3) is 0.357. The molecule has 194 valence electrons. The van der Waals surface area contributed by atoms with Gasteiger partial charge in [0.25, 0.3) is 0 Å². The van der Waals surface area contributed by atoms with Crippen molar-refractivity contribution in [2.24, 2.45) is 11.8 Å². The van der Waals surface area contributed by atoms with Crippen LogP contribution in [0.4, 0.5) is 0 Å². The van der Waals surface area contributed by atoms with Crippen molar-refractivity contribution in [1.82, 2.24) is 0 Å². The van der Waals surface area contributed by atoms with Crippen LogP contribution >= 0.6 is 46.1 Å². The zero-order chi connectivity index (χ0) is 26.5. The number of ketones is 1. The van der Waals surface area contributed by atoms with Crippen molar-refractivity contribution in [3.8, 4) is 0 Å². The zero-order valence-electron chi connectivity index (χ0n) is 20.8. The molecule has 0 fully saturated rings. The number of carbonyl (C=O) groups excluding carboxylic acids is 2. The van der Waals surface area contributed by atoms with Crippen molar-refractivity contribution in [3.05, 3.63) is 92.1 Å². The molecule has 1 aromatic heterocycles. The Morgan fingerprint density at radius 2 is 1.42 bits per heavy atom. The number of alkyl halides is 1. The maximum Gasteiger partial charge on any atom is 0.315 e. The van der Waals surface area contributed by atoms with E-state index in [-0.39, 0.29) is 23.6 Å². The molecule has 4 nitrogen and oxygen atoms in total. The quantitative estimate of drug-likeness (QED) is 0.145. The van der Waals surface area contributed by atoms with Gasteiger partial charge in [-0.25, -0.2) is 0 Å². The highest BCUT2D eigenvalue weighted by Crippen LogP contribution is 2.31. The molecule has 0 bridgehead atoms. The summed E-state index contributed by atoms with van der Waals surface area (Å²) in [5.41, 5.74) is 1.67. The lowest BCUT2D eigenvalue weighted by Gasteiger charge is -2.26. The SMILES string of the molecule is CCC(CC)C(C[NH2+]CC(=O)c1cccs1)C(=O)OC(c1ccc(Cl)cc1)c1ccc(Cl)cc1.CCl. The fourth-order valence-electron chi connectivity index (χ4n) is 4.08. The molecule has 3 rings (SSSR count). The van der Waals surface area contributed by atoms with E-state index in [0.717, 1.165) is 28.8 Å². The molecule has 0 radical (unpaired) electrons. The molecule has 0 saturated carbocycles. The number of Topliss-reactive ketones (excluding diaryl/α,β-unsaturated/α-hetero) is 1. The first-order chi connectivity index (χ1) is 17.4. The lowest BCUT2D eigenvalue weighted by molar-refractivity contribution is -0.647. The number of benzene rings is 2. The molecule has 0 spiro atoms. The number of hydrogen-bond acceptors (Lipinski definition) is 4. The summed E-state index contributed by atoms with van der Waals surface area (Å²) < 4.78 is 6.15. The van der Waals surface area contributed by atoms with Gasteiger partial charge in [-0.15, -0.1) is 22.9 Å². The van der Waals surface area contributed by atoms with E-state index in [1.807, 2.05) is 47.1 Å². The summed E-state index contributed by atoms with van der Waals surface area (Å²) in [6, 6.07) is 18.3. The molecule has 0 aliphatic heterocycles. The molecule has 1 heterocycles. The summed E-state index contributed by atoms with van der Waals surface area (Å²) in [7, 11) is 0. The summed E-state index contributed by atoms with van der Waals surface area (Å²) in [6.45, 7) is 4.97. The van der Waals surface area contributed by atoms with Crippen molar-refractivity contribution < 1.29 is 19.6 Å². The maximum atomic E-state index is 13.5. The van der Waals surface area contributed by atoms with Gasteiger partial charge in [0.15, 0.2) is 6.10 Å². The van der Waals surface area contributed by atoms with Crippen LogP contribution in [0.1, 0.15) is 53.6 Å². The molecule has 8 heteroatoms. The molecular formula is C28H33Cl3NO3S+. The van der Waals surface area contributed by atoms with Gasteiger partial charge < -0.3 is 10.1 Å². The van der Waals surface area contributed by atoms with E-state index in [1.54, 1.807) is 24.3 Å². The minimum absolute atomic E-state index is 0.0758. The number of hydrogen-bond donors (Lipinski definition) is 1. The van der Waals surface area contributed by atoms with Crippen LogP contribution in [-0.4, -0.2) is 31.2 Å². The highest BCUT2D eigenvalue weighted by molar-refractivity contribution is 7.12. The topological polar surface area (TPSA) is 60.0 Å². The lowest BCUT2D eigenvalue weighted by atomic mass is 9.87. The molecule has 2 N–H and O–H groups in total. The zero-order valence-corrected chi connectivity index (χ0v) is 23.8. The molecule has 36 heavy (non-hydrogen) atoms. The van der Waals surface area contributed by atoms with E-state index in [9.17, 15) is 9.59 Å². The number of halogens is 3. The Morgan fingerprint density at radius 1 is 0.889 bits per heavy atom.